The van der Waals surface area contributed by atoms with Gasteiger partial charge in [0, 0.05) is 32.2 Å². The predicted octanol–water partition coefficient (Wildman–Crippen LogP) is 1.39. The van der Waals surface area contributed by atoms with E-state index in [4.69, 9.17) is 0 Å². The molecule has 0 saturated carbocycles. The van der Waals surface area contributed by atoms with E-state index in [0.29, 0.717) is 25.2 Å². The summed E-state index contributed by atoms with van der Waals surface area (Å²) in [6.45, 7) is 4.23. The van der Waals surface area contributed by atoms with E-state index >= 15 is 0 Å². The van der Waals surface area contributed by atoms with Gasteiger partial charge in [0.05, 0.1) is 18.0 Å². The van der Waals surface area contributed by atoms with Crippen LogP contribution in [0.1, 0.15) is 43.2 Å². The largest absolute Gasteiger partial charge is 0.373 e. The second-order valence-electron chi connectivity index (χ2n) is 6.76. The molecule has 1 N–H and O–H groups in total. The van der Waals surface area contributed by atoms with Crippen molar-refractivity contribution in [2.45, 2.75) is 44.7 Å². The quantitative estimate of drug-likeness (QED) is 0.881. The molecule has 2 aliphatic heterocycles. The zero-order chi connectivity index (χ0) is 17.3. The Morgan fingerprint density at radius 2 is 1.88 bits per heavy atom. The Bertz CT molecular complexity index is 686. The van der Waals surface area contributed by atoms with Crippen LogP contribution in [-0.4, -0.2) is 66.6 Å². The van der Waals surface area contributed by atoms with Gasteiger partial charge in [-0.05, 0) is 39.2 Å². The van der Waals surface area contributed by atoms with Crippen LogP contribution in [0.5, 0.6) is 0 Å². The molecule has 0 aliphatic carbocycles. The van der Waals surface area contributed by atoms with E-state index in [9.17, 15) is 8.42 Å². The number of hydrogen-bond acceptors (Lipinski definition) is 6. The monoisotopic (exact) mass is 353 g/mol. The van der Waals surface area contributed by atoms with E-state index in [0.717, 1.165) is 49.6 Å². The third kappa shape index (κ3) is 3.70. The molecule has 2 fully saturated rings. The fraction of sp³-hybridized carbons (Fsp3) is 0.750. The minimum atomic E-state index is -3.07. The van der Waals surface area contributed by atoms with Gasteiger partial charge in [-0.25, -0.2) is 22.7 Å². The van der Waals surface area contributed by atoms with Crippen molar-refractivity contribution < 1.29 is 8.42 Å². The summed E-state index contributed by atoms with van der Waals surface area (Å²) >= 11 is 0. The van der Waals surface area contributed by atoms with Crippen molar-refractivity contribution in [1.29, 1.82) is 0 Å². The lowest BCUT2D eigenvalue weighted by Gasteiger charge is -2.38. The number of aryl methyl sites for hydroxylation is 1. The Balaban J connectivity index is 1.74. The highest BCUT2D eigenvalue weighted by atomic mass is 32.2. The molecule has 0 bridgehead atoms. The smallest absolute Gasteiger partial charge is 0.211 e. The van der Waals surface area contributed by atoms with Crippen LogP contribution in [0.25, 0.3) is 0 Å². The topological polar surface area (TPSA) is 78.4 Å². The van der Waals surface area contributed by atoms with Crippen LogP contribution in [0.2, 0.25) is 0 Å². The summed E-state index contributed by atoms with van der Waals surface area (Å²) in [5, 5.41) is 3.11. The van der Waals surface area contributed by atoms with E-state index in [1.54, 1.807) is 4.31 Å². The highest BCUT2D eigenvalue weighted by molar-refractivity contribution is 7.88. The summed E-state index contributed by atoms with van der Waals surface area (Å²) in [6, 6.07) is 2.79. The molecule has 0 amide bonds. The predicted molar refractivity (Wildman–Crippen MR) is 94.4 cm³/mol. The van der Waals surface area contributed by atoms with Crippen LogP contribution in [-0.2, 0) is 10.0 Å². The van der Waals surface area contributed by atoms with Gasteiger partial charge in [-0.2, -0.15) is 0 Å². The molecule has 7 nitrogen and oxygen atoms in total. The molecule has 1 aromatic rings. The van der Waals surface area contributed by atoms with Crippen molar-refractivity contribution in [3.8, 4) is 0 Å². The first-order chi connectivity index (χ1) is 11.4. The Morgan fingerprint density at radius 3 is 2.50 bits per heavy atom. The Hall–Kier alpha value is -1.25. The molecule has 1 atom stereocenters. The van der Waals surface area contributed by atoms with Gasteiger partial charge in [0.25, 0.3) is 0 Å². The number of likely N-dealkylation sites (tertiary alicyclic amines) is 1. The summed E-state index contributed by atoms with van der Waals surface area (Å²) in [6.07, 6.45) is 5.36. The molecule has 2 aliphatic rings. The standard InChI is InChI=1S/C16H27N5O2S/c1-12-18-14(11-16(17-2)19-12)15-5-4-8-21(15)13-6-9-20(10-7-13)24(3,22)23/h11,13,15H,4-10H2,1-3H3,(H,17,18,19)/t15-/m1/s1. The van der Waals surface area contributed by atoms with E-state index in [1.807, 2.05) is 20.0 Å². The molecule has 3 heterocycles. The summed E-state index contributed by atoms with van der Waals surface area (Å²) in [4.78, 5) is 11.6. The number of piperidine rings is 1. The van der Waals surface area contributed by atoms with Gasteiger partial charge >= 0.3 is 0 Å². The van der Waals surface area contributed by atoms with Crippen LogP contribution in [0.15, 0.2) is 6.07 Å². The fourth-order valence-electron chi connectivity index (χ4n) is 3.94. The summed E-state index contributed by atoms with van der Waals surface area (Å²) in [5.41, 5.74) is 1.08. The average molecular weight is 353 g/mol. The molecule has 3 rings (SSSR count). The number of nitrogens with one attached hydrogen (secondary N) is 1. The first kappa shape index (κ1) is 17.6. The van der Waals surface area contributed by atoms with E-state index in [-0.39, 0.29) is 0 Å². The molecular weight excluding hydrogens is 326 g/mol. The summed E-state index contributed by atoms with van der Waals surface area (Å²) < 4.78 is 25.0. The molecular formula is C16H27N5O2S. The molecule has 0 radical (unpaired) electrons. The van der Waals surface area contributed by atoms with Crippen molar-refractivity contribution in [1.82, 2.24) is 19.2 Å². The number of anilines is 1. The zero-order valence-corrected chi connectivity index (χ0v) is 15.5. The van der Waals surface area contributed by atoms with Crippen LogP contribution in [0, 0.1) is 6.92 Å². The molecule has 8 heteroatoms. The van der Waals surface area contributed by atoms with Crippen LogP contribution < -0.4 is 5.32 Å². The average Bonchev–Trinajstić information content (AvgIpc) is 3.03. The second kappa shape index (κ2) is 6.93. The number of hydrogen-bond donors (Lipinski definition) is 1. The zero-order valence-electron chi connectivity index (χ0n) is 14.7. The summed E-state index contributed by atoms with van der Waals surface area (Å²) in [7, 11) is -1.19. The van der Waals surface area contributed by atoms with Crippen LogP contribution in [0.4, 0.5) is 5.82 Å². The van der Waals surface area contributed by atoms with Gasteiger partial charge in [0.1, 0.15) is 11.6 Å². The molecule has 0 spiro atoms. The van der Waals surface area contributed by atoms with Gasteiger partial charge < -0.3 is 5.32 Å². The Kier molecular flexibility index (Phi) is 5.08. The van der Waals surface area contributed by atoms with Crippen molar-refractivity contribution in [3.05, 3.63) is 17.6 Å². The van der Waals surface area contributed by atoms with Crippen LogP contribution in [0.3, 0.4) is 0 Å². The minimum Gasteiger partial charge on any atom is -0.373 e. The van der Waals surface area contributed by atoms with Crippen molar-refractivity contribution in [2.24, 2.45) is 0 Å². The highest BCUT2D eigenvalue weighted by Gasteiger charge is 2.36. The number of aromatic nitrogens is 2. The molecule has 1 aromatic heterocycles. The SMILES string of the molecule is CNc1cc([C@H]2CCCN2C2CCN(S(C)(=O)=O)CC2)nc(C)n1. The number of sulfonamides is 1. The highest BCUT2D eigenvalue weighted by Crippen LogP contribution is 2.36. The third-order valence-corrected chi connectivity index (χ3v) is 6.41. The molecule has 2 saturated heterocycles. The van der Waals surface area contributed by atoms with Gasteiger partial charge in [-0.1, -0.05) is 0 Å². The van der Waals surface area contributed by atoms with Crippen molar-refractivity contribution in [3.63, 3.8) is 0 Å². The lowest BCUT2D eigenvalue weighted by molar-refractivity contribution is 0.125. The van der Waals surface area contributed by atoms with Crippen LogP contribution >= 0.6 is 0 Å². The van der Waals surface area contributed by atoms with Gasteiger partial charge in [-0.15, -0.1) is 0 Å². The maximum atomic E-state index is 11.7. The maximum absolute atomic E-state index is 11.7. The van der Waals surface area contributed by atoms with Gasteiger partial charge in [-0.3, -0.25) is 4.90 Å². The van der Waals surface area contributed by atoms with E-state index < -0.39 is 10.0 Å². The Morgan fingerprint density at radius 1 is 1.17 bits per heavy atom. The first-order valence-corrected chi connectivity index (χ1v) is 10.5. The maximum Gasteiger partial charge on any atom is 0.211 e. The molecule has 0 unspecified atom stereocenters. The minimum absolute atomic E-state index is 0.314. The van der Waals surface area contributed by atoms with E-state index in [1.165, 1.54) is 6.26 Å². The second-order valence-corrected chi connectivity index (χ2v) is 8.75. The Labute approximate surface area is 144 Å². The van der Waals surface area contributed by atoms with Gasteiger partial charge in [0.2, 0.25) is 10.0 Å². The van der Waals surface area contributed by atoms with Crippen molar-refractivity contribution >= 4 is 15.8 Å². The molecule has 0 aromatic carbocycles. The normalized spacial score (nSPS) is 24.4. The van der Waals surface area contributed by atoms with Crippen molar-refractivity contribution in [2.75, 3.05) is 38.3 Å². The number of rotatable bonds is 4. The lowest BCUT2D eigenvalue weighted by Crippen LogP contribution is -2.46. The molecule has 24 heavy (non-hydrogen) atoms. The lowest BCUT2D eigenvalue weighted by atomic mass is 10.0. The third-order valence-electron chi connectivity index (χ3n) is 5.11. The number of nitrogens with zero attached hydrogens (tertiary/aromatic N) is 4. The molecule has 134 valence electrons. The summed E-state index contributed by atoms with van der Waals surface area (Å²) in [5.74, 6) is 1.65. The van der Waals surface area contributed by atoms with Gasteiger partial charge in [0.15, 0.2) is 0 Å². The van der Waals surface area contributed by atoms with E-state index in [2.05, 4.69) is 20.2 Å². The first-order valence-electron chi connectivity index (χ1n) is 8.62. The fourth-order valence-corrected chi connectivity index (χ4v) is 4.81.